The van der Waals surface area contributed by atoms with Crippen molar-refractivity contribution in [2.75, 3.05) is 26.7 Å². The van der Waals surface area contributed by atoms with Gasteiger partial charge in [0.1, 0.15) is 5.75 Å². The van der Waals surface area contributed by atoms with Crippen molar-refractivity contribution in [2.45, 2.75) is 64.3 Å². The highest BCUT2D eigenvalue weighted by molar-refractivity contribution is 5.94. The van der Waals surface area contributed by atoms with E-state index in [2.05, 4.69) is 58.1 Å². The molecule has 1 aliphatic heterocycles. The number of likely N-dealkylation sites (tertiary alicyclic amines) is 1. The highest BCUT2D eigenvalue weighted by Gasteiger charge is 2.21. The summed E-state index contributed by atoms with van der Waals surface area (Å²) >= 11 is 0. The van der Waals surface area contributed by atoms with Crippen LogP contribution >= 0.6 is 0 Å². The number of hydrogen-bond acceptors (Lipinski definition) is 3. The van der Waals surface area contributed by atoms with Crippen molar-refractivity contribution in [3.8, 4) is 22.7 Å². The molecule has 3 aromatic rings. The summed E-state index contributed by atoms with van der Waals surface area (Å²) in [4.78, 5) is 15.3. The van der Waals surface area contributed by atoms with Crippen molar-refractivity contribution in [3.05, 3.63) is 71.4 Å². The maximum absolute atomic E-state index is 12.9. The summed E-state index contributed by atoms with van der Waals surface area (Å²) < 4.78 is 7.90. The van der Waals surface area contributed by atoms with E-state index in [1.807, 2.05) is 18.2 Å². The molecule has 1 aliphatic carbocycles. The van der Waals surface area contributed by atoms with Crippen molar-refractivity contribution < 1.29 is 9.53 Å². The Morgan fingerprint density at radius 3 is 2.64 bits per heavy atom. The number of aryl methyl sites for hydroxylation is 1. The number of amides is 1. The summed E-state index contributed by atoms with van der Waals surface area (Å²) in [5.41, 5.74) is 7.00. The monoisotopic (exact) mass is 485 g/mol. The van der Waals surface area contributed by atoms with E-state index in [1.54, 1.807) is 7.11 Å². The molecule has 1 unspecified atom stereocenters. The van der Waals surface area contributed by atoms with Gasteiger partial charge in [-0.3, -0.25) is 9.69 Å². The molecule has 0 radical (unpaired) electrons. The number of hydrogen-bond donors (Lipinski definition) is 1. The minimum absolute atomic E-state index is 0.00515. The number of rotatable bonds is 7. The van der Waals surface area contributed by atoms with E-state index >= 15 is 0 Å². The molecule has 1 atom stereocenters. The number of nitrogens with zero attached hydrogens (tertiary/aromatic N) is 2. The zero-order chi connectivity index (χ0) is 24.9. The zero-order valence-electron chi connectivity index (χ0n) is 21.8. The predicted octanol–water partition coefficient (Wildman–Crippen LogP) is 6.03. The number of carbonyl (C=O) groups excluding carboxylic acids is 1. The lowest BCUT2D eigenvalue weighted by Crippen LogP contribution is -2.42. The van der Waals surface area contributed by atoms with Crippen LogP contribution in [0.2, 0.25) is 0 Å². The second-order valence-electron chi connectivity index (χ2n) is 10.3. The molecule has 5 nitrogen and oxygen atoms in total. The largest absolute Gasteiger partial charge is 0.497 e. The zero-order valence-corrected chi connectivity index (χ0v) is 21.8. The van der Waals surface area contributed by atoms with Crippen LogP contribution in [0.4, 0.5) is 0 Å². The molecule has 1 fully saturated rings. The van der Waals surface area contributed by atoms with Crippen LogP contribution in [0.3, 0.4) is 0 Å². The standard InChI is InChI=1S/C31H39N3O2/c1-23-9-6-7-19-33(23)20-18-32-31(35)24-14-16-27(17-15-24)34-29-13-5-3-4-10-26(29)22-30(34)25-11-8-12-28(21-25)36-2/h8,11-12,14-17,21-23H,3-7,9-10,13,18-20H2,1-2H3,(H,32,35). The number of benzene rings is 2. The molecule has 1 saturated heterocycles. The highest BCUT2D eigenvalue weighted by atomic mass is 16.5. The summed E-state index contributed by atoms with van der Waals surface area (Å²) in [6.07, 6.45) is 9.77. The normalized spacial score (nSPS) is 18.3. The number of carbonyl (C=O) groups is 1. The van der Waals surface area contributed by atoms with Crippen LogP contribution in [-0.4, -0.2) is 48.2 Å². The number of methoxy groups -OCH3 is 1. The molecule has 1 aromatic heterocycles. The molecule has 0 spiro atoms. The molecule has 2 heterocycles. The van der Waals surface area contributed by atoms with E-state index < -0.39 is 0 Å². The maximum atomic E-state index is 12.9. The van der Waals surface area contributed by atoms with Gasteiger partial charge in [-0.15, -0.1) is 0 Å². The number of aromatic nitrogens is 1. The molecule has 5 heteroatoms. The van der Waals surface area contributed by atoms with E-state index in [4.69, 9.17) is 4.74 Å². The van der Waals surface area contributed by atoms with Gasteiger partial charge in [0.25, 0.3) is 5.91 Å². The van der Waals surface area contributed by atoms with Crippen molar-refractivity contribution in [1.82, 2.24) is 14.8 Å². The topological polar surface area (TPSA) is 46.5 Å². The van der Waals surface area contributed by atoms with Crippen LogP contribution in [0.15, 0.2) is 54.6 Å². The number of fused-ring (bicyclic) bond motifs is 1. The Bertz CT molecular complexity index is 1180. The van der Waals surface area contributed by atoms with Crippen molar-refractivity contribution in [1.29, 1.82) is 0 Å². The van der Waals surface area contributed by atoms with Crippen LogP contribution in [0.25, 0.3) is 16.9 Å². The second kappa shape index (κ2) is 11.3. The van der Waals surface area contributed by atoms with Crippen LogP contribution in [0, 0.1) is 0 Å². The van der Waals surface area contributed by atoms with Gasteiger partial charge in [0.05, 0.1) is 12.8 Å². The van der Waals surface area contributed by atoms with Gasteiger partial charge < -0.3 is 14.6 Å². The molecule has 190 valence electrons. The van der Waals surface area contributed by atoms with E-state index in [0.717, 1.165) is 42.9 Å². The highest BCUT2D eigenvalue weighted by Crippen LogP contribution is 2.34. The third kappa shape index (κ3) is 5.36. The molecular weight excluding hydrogens is 446 g/mol. The SMILES string of the molecule is COc1cccc(-c2cc3c(n2-c2ccc(C(=O)NCCN4CCCCC4C)cc2)CCCCC3)c1. The van der Waals surface area contributed by atoms with Gasteiger partial charge in [-0.25, -0.2) is 0 Å². The molecular formula is C31H39N3O2. The first-order valence-electron chi connectivity index (χ1n) is 13.6. The Morgan fingerprint density at radius 1 is 1.00 bits per heavy atom. The third-order valence-electron chi connectivity index (χ3n) is 7.93. The van der Waals surface area contributed by atoms with Crippen LogP contribution < -0.4 is 10.1 Å². The van der Waals surface area contributed by atoms with Crippen molar-refractivity contribution in [3.63, 3.8) is 0 Å². The van der Waals surface area contributed by atoms with Crippen LogP contribution in [0.1, 0.15) is 67.1 Å². The molecule has 5 rings (SSSR count). The Morgan fingerprint density at radius 2 is 1.83 bits per heavy atom. The van der Waals surface area contributed by atoms with E-state index in [0.29, 0.717) is 18.2 Å². The quantitative estimate of drug-likeness (QED) is 0.416. The summed E-state index contributed by atoms with van der Waals surface area (Å²) in [7, 11) is 1.71. The average Bonchev–Trinajstić information content (AvgIpc) is 3.12. The van der Waals surface area contributed by atoms with Gasteiger partial charge in [-0.05, 0) is 100 Å². The van der Waals surface area contributed by atoms with Crippen LogP contribution in [-0.2, 0) is 12.8 Å². The van der Waals surface area contributed by atoms with Gasteiger partial charge in [0.15, 0.2) is 0 Å². The fourth-order valence-corrected chi connectivity index (χ4v) is 5.83. The lowest BCUT2D eigenvalue weighted by molar-refractivity contribution is 0.0938. The lowest BCUT2D eigenvalue weighted by atomic mass is 10.0. The number of ether oxygens (including phenoxy) is 1. The van der Waals surface area contributed by atoms with Gasteiger partial charge >= 0.3 is 0 Å². The summed E-state index contributed by atoms with van der Waals surface area (Å²) in [5, 5.41) is 3.13. The minimum atomic E-state index is 0.00515. The first kappa shape index (κ1) is 24.6. The Balaban J connectivity index is 1.36. The van der Waals surface area contributed by atoms with Gasteiger partial charge in [0, 0.05) is 41.6 Å². The molecule has 2 aliphatic rings. The fraction of sp³-hybridized carbons (Fsp3) is 0.452. The molecule has 0 saturated carbocycles. The Kier molecular flexibility index (Phi) is 7.76. The Hall–Kier alpha value is -3.05. The number of piperidine rings is 1. The average molecular weight is 486 g/mol. The lowest BCUT2D eigenvalue weighted by Gasteiger charge is -2.33. The molecule has 0 bridgehead atoms. The van der Waals surface area contributed by atoms with E-state index in [9.17, 15) is 4.79 Å². The summed E-state index contributed by atoms with van der Waals surface area (Å²) in [5.74, 6) is 0.868. The van der Waals surface area contributed by atoms with Crippen molar-refractivity contribution in [2.24, 2.45) is 0 Å². The first-order valence-corrected chi connectivity index (χ1v) is 13.6. The third-order valence-corrected chi connectivity index (χ3v) is 7.93. The molecule has 1 amide bonds. The molecule has 36 heavy (non-hydrogen) atoms. The smallest absolute Gasteiger partial charge is 0.251 e. The minimum Gasteiger partial charge on any atom is -0.497 e. The summed E-state index contributed by atoms with van der Waals surface area (Å²) in [6.45, 7) is 5.05. The van der Waals surface area contributed by atoms with Gasteiger partial charge in [-0.2, -0.15) is 0 Å². The van der Waals surface area contributed by atoms with E-state index in [1.165, 1.54) is 55.5 Å². The molecule has 2 aromatic carbocycles. The fourth-order valence-electron chi connectivity index (χ4n) is 5.83. The maximum Gasteiger partial charge on any atom is 0.251 e. The van der Waals surface area contributed by atoms with Gasteiger partial charge in [0.2, 0.25) is 0 Å². The number of nitrogens with one attached hydrogen (secondary N) is 1. The first-order chi connectivity index (χ1) is 17.6. The van der Waals surface area contributed by atoms with E-state index in [-0.39, 0.29) is 5.91 Å². The molecule has 1 N–H and O–H groups in total. The van der Waals surface area contributed by atoms with Crippen molar-refractivity contribution >= 4 is 5.91 Å². The Labute approximate surface area is 215 Å². The summed E-state index contributed by atoms with van der Waals surface area (Å²) in [6, 6.07) is 19.4. The second-order valence-corrected chi connectivity index (χ2v) is 10.3. The predicted molar refractivity (Wildman–Crippen MR) is 146 cm³/mol. The van der Waals surface area contributed by atoms with Crippen LogP contribution in [0.5, 0.6) is 5.75 Å². The van der Waals surface area contributed by atoms with Gasteiger partial charge in [-0.1, -0.05) is 25.0 Å².